The number of aromatic hydroxyl groups is 1. The molecule has 2 rings (SSSR count). The maximum atomic E-state index is 12.4. The van der Waals surface area contributed by atoms with Crippen molar-refractivity contribution in [3.05, 3.63) is 45.8 Å². The standard InChI is InChI=1S/C20H22N2O4S/c1-11(2)14-7-15(12(3)4)18(24)16(8-14)20(25)26-10-17(23)22-19-13(9-21)5-6-27-19/h5-8,11-12,24H,10H2,1-4H3,(H,22,23). The minimum Gasteiger partial charge on any atom is -0.507 e. The summed E-state index contributed by atoms with van der Waals surface area (Å²) in [4.78, 5) is 24.4. The van der Waals surface area contributed by atoms with E-state index in [4.69, 9.17) is 10.00 Å². The van der Waals surface area contributed by atoms with E-state index in [1.54, 1.807) is 17.5 Å². The Morgan fingerprint density at radius 3 is 2.56 bits per heavy atom. The molecule has 0 saturated heterocycles. The highest BCUT2D eigenvalue weighted by atomic mass is 32.1. The predicted octanol–water partition coefficient (Wildman–Crippen LogP) is 4.37. The lowest BCUT2D eigenvalue weighted by atomic mass is 9.92. The molecule has 1 aromatic carbocycles. The van der Waals surface area contributed by atoms with E-state index >= 15 is 0 Å². The lowest BCUT2D eigenvalue weighted by Gasteiger charge is -2.16. The fourth-order valence-corrected chi connectivity index (χ4v) is 3.23. The Hall–Kier alpha value is -2.85. The summed E-state index contributed by atoms with van der Waals surface area (Å²) in [5.41, 5.74) is 1.97. The number of anilines is 1. The van der Waals surface area contributed by atoms with Gasteiger partial charge in [-0.25, -0.2) is 4.79 Å². The largest absolute Gasteiger partial charge is 0.507 e. The zero-order valence-corrected chi connectivity index (χ0v) is 16.5. The number of carbonyl (C=O) groups is 2. The van der Waals surface area contributed by atoms with E-state index < -0.39 is 18.5 Å². The van der Waals surface area contributed by atoms with Gasteiger partial charge in [0.15, 0.2) is 6.61 Å². The van der Waals surface area contributed by atoms with Crippen LogP contribution in [0, 0.1) is 11.3 Å². The maximum Gasteiger partial charge on any atom is 0.342 e. The summed E-state index contributed by atoms with van der Waals surface area (Å²) in [6.07, 6.45) is 0. The number of nitriles is 1. The fraction of sp³-hybridized carbons (Fsp3) is 0.350. The molecule has 0 aliphatic heterocycles. The monoisotopic (exact) mass is 386 g/mol. The van der Waals surface area contributed by atoms with Gasteiger partial charge in [-0.1, -0.05) is 33.8 Å². The minimum absolute atomic E-state index is 0.0294. The van der Waals surface area contributed by atoms with E-state index in [-0.39, 0.29) is 23.1 Å². The lowest BCUT2D eigenvalue weighted by molar-refractivity contribution is -0.119. The Morgan fingerprint density at radius 1 is 1.26 bits per heavy atom. The van der Waals surface area contributed by atoms with E-state index in [9.17, 15) is 14.7 Å². The molecule has 0 unspecified atom stereocenters. The highest BCUT2D eigenvalue weighted by Gasteiger charge is 2.21. The Morgan fingerprint density at radius 2 is 1.96 bits per heavy atom. The van der Waals surface area contributed by atoms with Crippen LogP contribution in [0.15, 0.2) is 23.6 Å². The van der Waals surface area contributed by atoms with Gasteiger partial charge >= 0.3 is 5.97 Å². The Balaban J connectivity index is 2.13. The molecular weight excluding hydrogens is 364 g/mol. The van der Waals surface area contributed by atoms with Gasteiger partial charge in [-0.2, -0.15) is 5.26 Å². The molecule has 142 valence electrons. The number of hydrogen-bond donors (Lipinski definition) is 2. The summed E-state index contributed by atoms with van der Waals surface area (Å²) in [6, 6.07) is 7.04. The number of ether oxygens (including phenoxy) is 1. The van der Waals surface area contributed by atoms with Crippen LogP contribution in [-0.4, -0.2) is 23.6 Å². The molecule has 6 nitrogen and oxygen atoms in total. The molecule has 1 heterocycles. The number of phenols is 1. The van der Waals surface area contributed by atoms with Gasteiger partial charge in [0.1, 0.15) is 22.4 Å². The van der Waals surface area contributed by atoms with E-state index in [1.165, 1.54) is 11.3 Å². The molecule has 27 heavy (non-hydrogen) atoms. The summed E-state index contributed by atoms with van der Waals surface area (Å²) in [5.74, 6) is -1.24. The van der Waals surface area contributed by atoms with E-state index in [0.29, 0.717) is 16.1 Å². The van der Waals surface area contributed by atoms with Crippen molar-refractivity contribution in [1.82, 2.24) is 0 Å². The van der Waals surface area contributed by atoms with Crippen molar-refractivity contribution < 1.29 is 19.4 Å². The van der Waals surface area contributed by atoms with Crippen molar-refractivity contribution >= 4 is 28.2 Å². The SMILES string of the molecule is CC(C)c1cc(C(=O)OCC(=O)Nc2sccc2C#N)c(O)c(C(C)C)c1. The van der Waals surface area contributed by atoms with Crippen LogP contribution in [0.1, 0.15) is 66.6 Å². The molecule has 0 saturated carbocycles. The van der Waals surface area contributed by atoms with Crippen molar-refractivity contribution in [2.45, 2.75) is 39.5 Å². The zero-order chi connectivity index (χ0) is 20.1. The summed E-state index contributed by atoms with van der Waals surface area (Å²) in [6.45, 7) is 7.33. The van der Waals surface area contributed by atoms with Crippen LogP contribution < -0.4 is 5.32 Å². The van der Waals surface area contributed by atoms with Crippen LogP contribution >= 0.6 is 11.3 Å². The Labute approximate surface area is 162 Å². The molecule has 0 fully saturated rings. The first-order chi connectivity index (χ1) is 12.7. The van der Waals surface area contributed by atoms with Gasteiger partial charge in [0, 0.05) is 0 Å². The van der Waals surface area contributed by atoms with Crippen molar-refractivity contribution in [3.63, 3.8) is 0 Å². The van der Waals surface area contributed by atoms with Crippen molar-refractivity contribution in [2.75, 3.05) is 11.9 Å². The topological polar surface area (TPSA) is 99.4 Å². The number of amides is 1. The van der Waals surface area contributed by atoms with E-state index in [1.807, 2.05) is 39.8 Å². The van der Waals surface area contributed by atoms with Crippen LogP contribution in [0.3, 0.4) is 0 Å². The number of benzene rings is 1. The highest BCUT2D eigenvalue weighted by molar-refractivity contribution is 7.14. The first kappa shape index (κ1) is 20.5. The van der Waals surface area contributed by atoms with Crippen molar-refractivity contribution in [1.29, 1.82) is 5.26 Å². The number of carbonyl (C=O) groups excluding carboxylic acids is 2. The van der Waals surface area contributed by atoms with Crippen LogP contribution in [0.2, 0.25) is 0 Å². The van der Waals surface area contributed by atoms with E-state index in [2.05, 4.69) is 5.32 Å². The van der Waals surface area contributed by atoms with Gasteiger partial charge in [-0.3, -0.25) is 4.79 Å². The molecule has 2 N–H and O–H groups in total. The summed E-state index contributed by atoms with van der Waals surface area (Å²) >= 11 is 1.21. The number of esters is 1. The van der Waals surface area contributed by atoms with Gasteiger partial charge < -0.3 is 15.2 Å². The second kappa shape index (κ2) is 8.69. The summed E-state index contributed by atoms with van der Waals surface area (Å²) in [7, 11) is 0. The average Bonchev–Trinajstić information content (AvgIpc) is 3.06. The lowest BCUT2D eigenvalue weighted by Crippen LogP contribution is -2.21. The molecule has 0 radical (unpaired) electrons. The number of hydrogen-bond acceptors (Lipinski definition) is 6. The first-order valence-corrected chi connectivity index (χ1v) is 9.43. The van der Waals surface area contributed by atoms with Crippen LogP contribution in [0.4, 0.5) is 5.00 Å². The fourth-order valence-electron chi connectivity index (χ4n) is 2.47. The van der Waals surface area contributed by atoms with Crippen LogP contribution in [0.5, 0.6) is 5.75 Å². The number of phenolic OH excluding ortho intramolecular Hbond substituents is 1. The molecule has 1 aromatic heterocycles. The van der Waals surface area contributed by atoms with Crippen LogP contribution in [-0.2, 0) is 9.53 Å². The van der Waals surface area contributed by atoms with Crippen molar-refractivity contribution in [2.24, 2.45) is 0 Å². The molecule has 0 spiro atoms. The molecule has 0 aliphatic carbocycles. The second-order valence-corrected chi connectivity index (χ2v) is 7.63. The highest BCUT2D eigenvalue weighted by Crippen LogP contribution is 2.33. The number of nitrogens with zero attached hydrogens (tertiary/aromatic N) is 1. The van der Waals surface area contributed by atoms with E-state index in [0.717, 1.165) is 5.56 Å². The van der Waals surface area contributed by atoms with Gasteiger partial charge in [0.2, 0.25) is 0 Å². The molecule has 0 bridgehead atoms. The third-order valence-electron chi connectivity index (χ3n) is 4.04. The Kier molecular flexibility index (Phi) is 6.59. The average molecular weight is 386 g/mol. The first-order valence-electron chi connectivity index (χ1n) is 8.56. The number of thiophene rings is 1. The maximum absolute atomic E-state index is 12.4. The van der Waals surface area contributed by atoms with Crippen LogP contribution in [0.25, 0.3) is 0 Å². The molecule has 1 amide bonds. The third-order valence-corrected chi connectivity index (χ3v) is 4.87. The molecule has 0 aliphatic rings. The van der Waals surface area contributed by atoms with Gasteiger partial charge in [-0.05, 0) is 40.5 Å². The third kappa shape index (κ3) is 4.86. The second-order valence-electron chi connectivity index (χ2n) is 6.72. The molecular formula is C20H22N2O4S. The molecule has 7 heteroatoms. The number of rotatable bonds is 6. The quantitative estimate of drug-likeness (QED) is 0.718. The summed E-state index contributed by atoms with van der Waals surface area (Å²) < 4.78 is 5.07. The smallest absolute Gasteiger partial charge is 0.342 e. The minimum atomic E-state index is -0.765. The normalized spacial score (nSPS) is 10.7. The predicted molar refractivity (Wildman–Crippen MR) is 104 cm³/mol. The molecule has 0 atom stereocenters. The summed E-state index contributed by atoms with van der Waals surface area (Å²) in [5, 5.41) is 24.0. The van der Waals surface area contributed by atoms with Crippen molar-refractivity contribution in [3.8, 4) is 11.8 Å². The molecule has 2 aromatic rings. The van der Waals surface area contributed by atoms with Gasteiger partial charge in [-0.15, -0.1) is 11.3 Å². The zero-order valence-electron chi connectivity index (χ0n) is 15.7. The van der Waals surface area contributed by atoms with Gasteiger partial charge in [0.25, 0.3) is 5.91 Å². The number of nitrogens with one attached hydrogen (secondary N) is 1. The Bertz CT molecular complexity index is 894. The van der Waals surface area contributed by atoms with Gasteiger partial charge in [0.05, 0.1) is 5.56 Å².